The van der Waals surface area contributed by atoms with Gasteiger partial charge in [-0.25, -0.2) is 14.6 Å². The second kappa shape index (κ2) is 12.3. The first-order chi connectivity index (χ1) is 16.9. The monoisotopic (exact) mass is 511 g/mol. The highest BCUT2D eigenvalue weighted by atomic mass is 32.1. The fraction of sp³-hybridized carbons (Fsp3) is 0.280. The van der Waals surface area contributed by atoms with Crippen molar-refractivity contribution in [1.29, 1.82) is 5.26 Å². The lowest BCUT2D eigenvalue weighted by Gasteiger charge is -2.05. The third-order valence-corrected chi connectivity index (χ3v) is 6.96. The smallest absolute Gasteiger partial charge is 0.348 e. The zero-order valence-electron chi connectivity index (χ0n) is 19.8. The summed E-state index contributed by atoms with van der Waals surface area (Å²) < 4.78 is 15.3. The fourth-order valence-corrected chi connectivity index (χ4v) is 4.93. The van der Waals surface area contributed by atoms with Gasteiger partial charge in [0.2, 0.25) is 0 Å². The van der Waals surface area contributed by atoms with Crippen molar-refractivity contribution >= 4 is 45.2 Å². The largest absolute Gasteiger partial charge is 0.462 e. The van der Waals surface area contributed by atoms with Gasteiger partial charge in [-0.3, -0.25) is 0 Å². The third-order valence-electron chi connectivity index (χ3n) is 4.88. The summed E-state index contributed by atoms with van der Waals surface area (Å²) in [5.74, 6) is -1.13. The van der Waals surface area contributed by atoms with E-state index in [1.165, 1.54) is 24.6 Å². The van der Waals surface area contributed by atoms with Crippen LogP contribution in [0.15, 0.2) is 35.8 Å². The first-order valence-corrected chi connectivity index (χ1v) is 12.5. The van der Waals surface area contributed by atoms with Gasteiger partial charge in [-0.05, 0) is 26.3 Å². The summed E-state index contributed by atoms with van der Waals surface area (Å²) >= 11 is 2.40. The summed E-state index contributed by atoms with van der Waals surface area (Å²) in [6.07, 6.45) is 1.48. The summed E-state index contributed by atoms with van der Waals surface area (Å²) in [5, 5.41) is 15.5. The highest BCUT2D eigenvalue weighted by Gasteiger charge is 2.26. The Morgan fingerprint density at radius 1 is 1.14 bits per heavy atom. The van der Waals surface area contributed by atoms with E-state index in [2.05, 4.69) is 16.4 Å². The molecule has 2 aromatic heterocycles. The number of aryl methyl sites for hydroxylation is 1. The van der Waals surface area contributed by atoms with Crippen LogP contribution in [0, 0.1) is 25.2 Å². The van der Waals surface area contributed by atoms with E-state index in [1.54, 1.807) is 13.8 Å². The third kappa shape index (κ3) is 6.33. The summed E-state index contributed by atoms with van der Waals surface area (Å²) in [6.45, 7) is 5.91. The highest BCUT2D eigenvalue weighted by Crippen LogP contribution is 2.35. The number of allylic oxidation sites excluding steroid dienone is 1. The first-order valence-electron chi connectivity index (χ1n) is 10.8. The first kappa shape index (κ1) is 26.1. The van der Waals surface area contributed by atoms with Crippen molar-refractivity contribution < 1.29 is 23.8 Å². The van der Waals surface area contributed by atoms with Gasteiger partial charge in [0.15, 0.2) is 0 Å². The molecule has 0 atom stereocenters. The maximum absolute atomic E-state index is 12.6. The maximum Gasteiger partial charge on any atom is 0.348 e. The Balaban J connectivity index is 1.89. The number of anilines is 1. The molecule has 10 heteroatoms. The number of nitrogens with zero attached hydrogens (tertiary/aromatic N) is 2. The Hall–Kier alpha value is -3.52. The van der Waals surface area contributed by atoms with Crippen molar-refractivity contribution in [3.8, 4) is 17.3 Å². The van der Waals surface area contributed by atoms with Crippen LogP contribution < -0.4 is 5.32 Å². The molecule has 3 aromatic rings. The van der Waals surface area contributed by atoms with E-state index in [9.17, 15) is 14.9 Å². The number of nitriles is 1. The minimum absolute atomic E-state index is 0.0933. The van der Waals surface area contributed by atoms with E-state index in [0.717, 1.165) is 28.2 Å². The molecule has 0 bridgehead atoms. The molecule has 1 N–H and O–H groups in total. The molecule has 0 saturated carbocycles. The molecule has 0 amide bonds. The number of hydrogen-bond donors (Lipinski definition) is 1. The number of methoxy groups -OCH3 is 1. The molecule has 182 valence electrons. The number of aromatic nitrogens is 1. The number of ether oxygens (including phenoxy) is 3. The Labute approximate surface area is 211 Å². The second-order valence-electron chi connectivity index (χ2n) is 7.33. The maximum atomic E-state index is 12.6. The van der Waals surface area contributed by atoms with Crippen LogP contribution in [0.2, 0.25) is 0 Å². The average molecular weight is 512 g/mol. The Morgan fingerprint density at radius 3 is 2.54 bits per heavy atom. The number of rotatable bonds is 10. The molecule has 0 radical (unpaired) electrons. The zero-order valence-corrected chi connectivity index (χ0v) is 21.5. The lowest BCUT2D eigenvalue weighted by molar-refractivity contribution is 0.0393. The molecule has 0 aliphatic rings. The van der Waals surface area contributed by atoms with Gasteiger partial charge in [0.05, 0.1) is 24.5 Å². The number of carbonyl (C=O) groups excluding carboxylic acids is 2. The van der Waals surface area contributed by atoms with Crippen molar-refractivity contribution in [2.75, 3.05) is 32.2 Å². The van der Waals surface area contributed by atoms with Gasteiger partial charge in [0.1, 0.15) is 33.1 Å². The van der Waals surface area contributed by atoms with Gasteiger partial charge in [-0.15, -0.1) is 22.7 Å². The quantitative estimate of drug-likeness (QED) is 0.217. The number of hydrogen-bond acceptors (Lipinski definition) is 10. The molecule has 3 rings (SSSR count). The van der Waals surface area contributed by atoms with Gasteiger partial charge in [0.25, 0.3) is 0 Å². The minimum Gasteiger partial charge on any atom is -0.462 e. The van der Waals surface area contributed by atoms with E-state index in [1.807, 2.05) is 36.6 Å². The van der Waals surface area contributed by atoms with E-state index in [0.29, 0.717) is 21.1 Å². The van der Waals surface area contributed by atoms with Gasteiger partial charge in [0, 0.05) is 24.3 Å². The van der Waals surface area contributed by atoms with Gasteiger partial charge < -0.3 is 19.5 Å². The van der Waals surface area contributed by atoms with Crippen molar-refractivity contribution in [2.24, 2.45) is 0 Å². The molecule has 0 fully saturated rings. The van der Waals surface area contributed by atoms with Crippen molar-refractivity contribution in [2.45, 2.75) is 20.8 Å². The number of nitrogens with one attached hydrogen (secondary N) is 1. The molecule has 0 spiro atoms. The van der Waals surface area contributed by atoms with Crippen LogP contribution in [0.25, 0.3) is 16.8 Å². The molecule has 0 aliphatic heterocycles. The average Bonchev–Trinajstić information content (AvgIpc) is 3.45. The van der Waals surface area contributed by atoms with E-state index < -0.39 is 11.9 Å². The summed E-state index contributed by atoms with van der Waals surface area (Å²) in [7, 11) is 1.51. The van der Waals surface area contributed by atoms with Gasteiger partial charge in [-0.2, -0.15) is 5.26 Å². The van der Waals surface area contributed by atoms with Crippen molar-refractivity contribution in [3.05, 3.63) is 62.4 Å². The molecule has 35 heavy (non-hydrogen) atoms. The number of carbonyl (C=O) groups is 2. The molecule has 8 nitrogen and oxygen atoms in total. The van der Waals surface area contributed by atoms with E-state index in [4.69, 9.17) is 14.2 Å². The van der Waals surface area contributed by atoms with Crippen LogP contribution in [0.3, 0.4) is 0 Å². The topological polar surface area (TPSA) is 111 Å². The zero-order chi connectivity index (χ0) is 25.4. The van der Waals surface area contributed by atoms with Crippen LogP contribution in [0.4, 0.5) is 5.00 Å². The van der Waals surface area contributed by atoms with Crippen LogP contribution in [-0.2, 0) is 14.2 Å². The van der Waals surface area contributed by atoms with Crippen LogP contribution in [0.5, 0.6) is 0 Å². The predicted molar refractivity (Wildman–Crippen MR) is 137 cm³/mol. The lowest BCUT2D eigenvalue weighted by Crippen LogP contribution is -2.11. The van der Waals surface area contributed by atoms with Crippen LogP contribution >= 0.6 is 22.7 Å². The lowest BCUT2D eigenvalue weighted by atomic mass is 10.1. The Kier molecular flexibility index (Phi) is 9.14. The molecular weight excluding hydrogens is 486 g/mol. The summed E-state index contributed by atoms with van der Waals surface area (Å²) in [4.78, 5) is 30.0. The molecular formula is C25H25N3O5S2. The normalized spacial score (nSPS) is 11.1. The van der Waals surface area contributed by atoms with Gasteiger partial charge in [-0.1, -0.05) is 29.8 Å². The van der Waals surface area contributed by atoms with Crippen molar-refractivity contribution in [1.82, 2.24) is 4.98 Å². The standard InChI is InChI=1S/C25H25N3O5S2/c1-5-32-24(29)20-16(3)21(25(30)33-11-10-31-4)35-23(20)27-13-18(12-26)22-28-19(14-34-22)17-8-6-15(2)7-9-17/h6-9,13-14,27H,5,10-11H2,1-4H3. The number of benzene rings is 1. The molecule has 0 unspecified atom stereocenters. The molecule has 0 saturated heterocycles. The highest BCUT2D eigenvalue weighted by molar-refractivity contribution is 7.18. The summed E-state index contributed by atoms with van der Waals surface area (Å²) in [6, 6.07) is 10.1. The number of esters is 2. The second-order valence-corrected chi connectivity index (χ2v) is 9.21. The molecule has 2 heterocycles. The van der Waals surface area contributed by atoms with Crippen LogP contribution in [0.1, 0.15) is 43.1 Å². The van der Waals surface area contributed by atoms with E-state index >= 15 is 0 Å². The van der Waals surface area contributed by atoms with Gasteiger partial charge >= 0.3 is 11.9 Å². The SMILES string of the molecule is CCOC(=O)c1c(NC=C(C#N)c2nc(-c3ccc(C)cc3)cs2)sc(C(=O)OCCOC)c1C. The minimum atomic E-state index is -0.567. The number of thiazole rings is 1. The Morgan fingerprint density at radius 2 is 1.89 bits per heavy atom. The van der Waals surface area contributed by atoms with Crippen LogP contribution in [-0.4, -0.2) is 43.9 Å². The molecule has 0 aliphatic carbocycles. The predicted octanol–water partition coefficient (Wildman–Crippen LogP) is 5.44. The summed E-state index contributed by atoms with van der Waals surface area (Å²) in [5.41, 5.74) is 3.84. The fourth-order valence-electron chi connectivity index (χ4n) is 3.08. The Bertz CT molecular complexity index is 1270. The van der Waals surface area contributed by atoms with E-state index in [-0.39, 0.29) is 30.3 Å². The number of thiophene rings is 1. The molecule has 1 aromatic carbocycles. The van der Waals surface area contributed by atoms with Crippen molar-refractivity contribution in [3.63, 3.8) is 0 Å².